The van der Waals surface area contributed by atoms with E-state index in [1.54, 1.807) is 12.1 Å². The number of aryl methyl sites for hydroxylation is 1. The number of sulfone groups is 1. The van der Waals surface area contributed by atoms with Crippen LogP contribution < -0.4 is 4.72 Å². The molecule has 1 aromatic carbocycles. The summed E-state index contributed by atoms with van der Waals surface area (Å²) >= 11 is 5.76. The molecule has 1 aromatic heterocycles. The Morgan fingerprint density at radius 1 is 1.22 bits per heavy atom. The van der Waals surface area contributed by atoms with Crippen molar-refractivity contribution < 1.29 is 21.3 Å². The maximum absolute atomic E-state index is 12.0. The first kappa shape index (κ1) is 17.9. The minimum Gasteiger partial charge on any atom is -0.413 e. The highest BCUT2D eigenvalue weighted by atomic mass is 35.5. The van der Waals surface area contributed by atoms with Gasteiger partial charge in [-0.25, -0.2) is 21.6 Å². The number of aromatic nitrogens is 2. The molecule has 0 bridgehead atoms. The number of hydrogen-bond donors (Lipinski definition) is 1. The van der Waals surface area contributed by atoms with Gasteiger partial charge in [0, 0.05) is 24.2 Å². The molecule has 11 heteroatoms. The normalized spacial score (nSPS) is 12.4. The molecule has 0 unspecified atom stereocenters. The highest BCUT2D eigenvalue weighted by Crippen LogP contribution is 2.15. The largest absolute Gasteiger partial charge is 0.413 e. The van der Waals surface area contributed by atoms with Gasteiger partial charge in [-0.1, -0.05) is 22.8 Å². The molecule has 2 aromatic rings. The fourth-order valence-corrected chi connectivity index (χ4v) is 3.46. The van der Waals surface area contributed by atoms with Crippen LogP contribution in [0.3, 0.4) is 0 Å². The summed E-state index contributed by atoms with van der Waals surface area (Å²) in [6.45, 7) is 0.130. The van der Waals surface area contributed by atoms with Crippen LogP contribution in [0.2, 0.25) is 5.02 Å². The number of halogens is 1. The van der Waals surface area contributed by atoms with E-state index < -0.39 is 25.1 Å². The van der Waals surface area contributed by atoms with Crippen molar-refractivity contribution in [3.63, 3.8) is 0 Å². The molecule has 2 rings (SSSR count). The quantitative estimate of drug-likeness (QED) is 0.713. The van der Waals surface area contributed by atoms with Gasteiger partial charge in [0.2, 0.25) is 25.8 Å². The number of nitrogens with one attached hydrogen (secondary N) is 1. The number of nitrogens with zero attached hydrogens (tertiary/aromatic N) is 2. The second-order valence-electron chi connectivity index (χ2n) is 4.69. The van der Waals surface area contributed by atoms with Crippen LogP contribution in [0.15, 0.2) is 38.8 Å². The van der Waals surface area contributed by atoms with Crippen molar-refractivity contribution in [2.24, 2.45) is 0 Å². The van der Waals surface area contributed by atoms with E-state index in [4.69, 9.17) is 16.0 Å². The van der Waals surface area contributed by atoms with E-state index in [2.05, 4.69) is 14.9 Å². The molecule has 0 amide bonds. The van der Waals surface area contributed by atoms with E-state index >= 15 is 0 Å². The highest BCUT2D eigenvalue weighted by molar-refractivity contribution is 7.90. The van der Waals surface area contributed by atoms with Crippen LogP contribution in [0.25, 0.3) is 0 Å². The molecule has 0 aliphatic rings. The second kappa shape index (κ2) is 6.95. The molecule has 0 saturated heterocycles. The van der Waals surface area contributed by atoms with Gasteiger partial charge in [0.05, 0.1) is 4.90 Å². The molecular weight excluding hydrogens is 366 g/mol. The van der Waals surface area contributed by atoms with E-state index in [9.17, 15) is 16.8 Å². The first-order valence-electron chi connectivity index (χ1n) is 6.46. The van der Waals surface area contributed by atoms with Crippen molar-refractivity contribution in [3.05, 3.63) is 35.2 Å². The number of sulfonamides is 1. The lowest BCUT2D eigenvalue weighted by Gasteiger charge is -2.06. The van der Waals surface area contributed by atoms with Gasteiger partial charge in [0.15, 0.2) is 0 Å². The summed E-state index contributed by atoms with van der Waals surface area (Å²) in [5.41, 5.74) is 0. The standard InChI is InChI=1S/C12H14ClN3O5S2/c1-22(17,18)12-16-15-11(21-12)6-3-7-14-23(19,20)10-5-2-4-9(13)8-10/h2,4-5,8,14H,3,6-7H2,1H3. The van der Waals surface area contributed by atoms with Gasteiger partial charge in [-0.05, 0) is 24.6 Å². The average Bonchev–Trinajstić information content (AvgIpc) is 2.92. The summed E-state index contributed by atoms with van der Waals surface area (Å²) < 4.78 is 53.8. The lowest BCUT2D eigenvalue weighted by molar-refractivity contribution is 0.394. The minimum atomic E-state index is -3.65. The molecule has 0 aliphatic carbocycles. The van der Waals surface area contributed by atoms with Gasteiger partial charge in [-0.3, -0.25) is 0 Å². The van der Waals surface area contributed by atoms with E-state index in [1.807, 2.05) is 0 Å². The first-order chi connectivity index (χ1) is 10.7. The number of benzene rings is 1. The topological polar surface area (TPSA) is 119 Å². The fraction of sp³-hybridized carbons (Fsp3) is 0.333. The summed E-state index contributed by atoms with van der Waals surface area (Å²) in [5, 5.41) is 6.88. The smallest absolute Gasteiger partial charge is 0.335 e. The third kappa shape index (κ3) is 4.99. The summed E-state index contributed by atoms with van der Waals surface area (Å²) in [6.07, 6.45) is 1.58. The third-order valence-corrected chi connectivity index (χ3v) is 5.22. The molecular formula is C12H14ClN3O5S2. The second-order valence-corrected chi connectivity index (χ2v) is 8.79. The predicted octanol–water partition coefficient (Wildman–Crippen LogP) is 1.04. The molecule has 0 aliphatic heterocycles. The molecule has 0 atom stereocenters. The zero-order valence-corrected chi connectivity index (χ0v) is 14.4. The molecule has 0 radical (unpaired) electrons. The highest BCUT2D eigenvalue weighted by Gasteiger charge is 2.17. The zero-order valence-electron chi connectivity index (χ0n) is 12.1. The van der Waals surface area contributed by atoms with E-state index in [-0.39, 0.29) is 23.8 Å². The van der Waals surface area contributed by atoms with Gasteiger partial charge in [0.1, 0.15) is 0 Å². The molecule has 126 valence electrons. The first-order valence-corrected chi connectivity index (χ1v) is 10.2. The number of rotatable bonds is 7. The van der Waals surface area contributed by atoms with Gasteiger partial charge >= 0.3 is 5.22 Å². The van der Waals surface area contributed by atoms with Crippen LogP contribution >= 0.6 is 11.6 Å². The fourth-order valence-electron chi connectivity index (χ4n) is 1.65. The van der Waals surface area contributed by atoms with Crippen LogP contribution in [0.1, 0.15) is 12.3 Å². The lowest BCUT2D eigenvalue weighted by atomic mass is 10.3. The molecule has 23 heavy (non-hydrogen) atoms. The van der Waals surface area contributed by atoms with E-state index in [1.165, 1.54) is 12.1 Å². The zero-order chi connectivity index (χ0) is 17.1. The predicted molar refractivity (Wildman–Crippen MR) is 82.4 cm³/mol. The van der Waals surface area contributed by atoms with E-state index in [0.29, 0.717) is 11.4 Å². The van der Waals surface area contributed by atoms with Crippen LogP contribution in [0.4, 0.5) is 0 Å². The van der Waals surface area contributed by atoms with Crippen LogP contribution in [0, 0.1) is 0 Å². The Balaban J connectivity index is 1.89. The molecule has 1 N–H and O–H groups in total. The molecule has 0 fully saturated rings. The average molecular weight is 380 g/mol. The SMILES string of the molecule is CS(=O)(=O)c1nnc(CCCNS(=O)(=O)c2cccc(Cl)c2)o1. The summed E-state index contributed by atoms with van der Waals surface area (Å²) in [5.74, 6) is 0.132. The summed E-state index contributed by atoms with van der Waals surface area (Å²) in [6, 6.07) is 5.91. The van der Waals surface area contributed by atoms with Crippen LogP contribution in [-0.4, -0.2) is 39.8 Å². The van der Waals surface area contributed by atoms with Crippen molar-refractivity contribution in [1.29, 1.82) is 0 Å². The van der Waals surface area contributed by atoms with Gasteiger partial charge in [-0.15, -0.1) is 5.10 Å². The van der Waals surface area contributed by atoms with Crippen molar-refractivity contribution in [3.8, 4) is 0 Å². The third-order valence-electron chi connectivity index (χ3n) is 2.73. The van der Waals surface area contributed by atoms with Crippen LogP contribution in [0.5, 0.6) is 0 Å². The Bertz CT molecular complexity index is 893. The van der Waals surface area contributed by atoms with Crippen molar-refractivity contribution in [1.82, 2.24) is 14.9 Å². The Hall–Kier alpha value is -1.49. The Kier molecular flexibility index (Phi) is 5.40. The summed E-state index contributed by atoms with van der Waals surface area (Å²) in [4.78, 5) is 0.0714. The lowest BCUT2D eigenvalue weighted by Crippen LogP contribution is -2.25. The van der Waals surface area contributed by atoms with Crippen LogP contribution in [-0.2, 0) is 26.3 Å². The number of hydrogen-bond acceptors (Lipinski definition) is 7. The molecule has 0 spiro atoms. The molecule has 0 saturated carbocycles. The van der Waals surface area contributed by atoms with Crippen molar-refractivity contribution in [2.75, 3.05) is 12.8 Å². The Labute approximate surface area is 138 Å². The Morgan fingerprint density at radius 2 is 1.96 bits per heavy atom. The van der Waals surface area contributed by atoms with Crippen molar-refractivity contribution >= 4 is 31.5 Å². The van der Waals surface area contributed by atoms with Gasteiger partial charge < -0.3 is 4.42 Å². The van der Waals surface area contributed by atoms with Gasteiger partial charge in [-0.2, -0.15) is 0 Å². The molecule has 1 heterocycles. The summed E-state index contributed by atoms with van der Waals surface area (Å²) in [7, 11) is -7.19. The maximum Gasteiger partial charge on any atom is 0.335 e. The van der Waals surface area contributed by atoms with Gasteiger partial charge in [0.25, 0.3) is 0 Å². The molecule has 8 nitrogen and oxygen atoms in total. The minimum absolute atomic E-state index is 0.0714. The monoisotopic (exact) mass is 379 g/mol. The van der Waals surface area contributed by atoms with E-state index in [0.717, 1.165) is 6.26 Å². The Morgan fingerprint density at radius 3 is 2.57 bits per heavy atom. The maximum atomic E-state index is 12.0. The van der Waals surface area contributed by atoms with Crippen molar-refractivity contribution in [2.45, 2.75) is 23.0 Å².